The van der Waals surface area contributed by atoms with Crippen molar-refractivity contribution in [2.75, 3.05) is 7.05 Å². The minimum atomic E-state index is -0.739. The Bertz CT molecular complexity index is 418. The van der Waals surface area contributed by atoms with Crippen molar-refractivity contribution in [3.8, 4) is 0 Å². The van der Waals surface area contributed by atoms with Crippen molar-refractivity contribution in [3.63, 3.8) is 0 Å². The second-order valence-corrected chi connectivity index (χ2v) is 6.93. The van der Waals surface area contributed by atoms with Gasteiger partial charge in [0.2, 0.25) is 0 Å². The Hall–Kier alpha value is -1.26. The minimum absolute atomic E-state index is 0.0677. The molecule has 5 heteroatoms. The van der Waals surface area contributed by atoms with Crippen LogP contribution in [0.5, 0.6) is 0 Å². The molecule has 5 nitrogen and oxygen atoms in total. The highest BCUT2D eigenvalue weighted by Crippen LogP contribution is 2.42. The number of nitrogens with zero attached hydrogens (tertiary/aromatic N) is 2. The van der Waals surface area contributed by atoms with Crippen molar-refractivity contribution >= 4 is 12.0 Å². The van der Waals surface area contributed by atoms with Crippen LogP contribution < -0.4 is 0 Å². The van der Waals surface area contributed by atoms with Gasteiger partial charge in [0, 0.05) is 25.2 Å². The van der Waals surface area contributed by atoms with Crippen LogP contribution in [0, 0.1) is 5.92 Å². The number of carbonyl (C=O) groups excluding carboxylic acids is 1. The fourth-order valence-corrected chi connectivity index (χ4v) is 4.54. The lowest BCUT2D eigenvalue weighted by Gasteiger charge is -2.33. The lowest BCUT2D eigenvalue weighted by Crippen LogP contribution is -2.48. The van der Waals surface area contributed by atoms with Gasteiger partial charge in [0.15, 0.2) is 0 Å². The average molecular weight is 294 g/mol. The van der Waals surface area contributed by atoms with E-state index < -0.39 is 5.97 Å². The standard InChI is InChI=1S/C16H26N2O3/c1-17(11-6-4-2-3-5-7-11)16(21)18-12-8-9-14(18)13(10-12)15(19)20/h11-14H,2-10H2,1H3,(H,19,20). The quantitative estimate of drug-likeness (QED) is 0.797. The molecule has 3 rings (SSSR count). The molecule has 3 fully saturated rings. The van der Waals surface area contributed by atoms with Crippen molar-refractivity contribution in [1.29, 1.82) is 0 Å². The second kappa shape index (κ2) is 5.85. The van der Waals surface area contributed by atoms with Crippen LogP contribution in [-0.2, 0) is 4.79 Å². The zero-order valence-electron chi connectivity index (χ0n) is 12.8. The highest BCUT2D eigenvalue weighted by Gasteiger charge is 2.52. The fraction of sp³-hybridized carbons (Fsp3) is 0.875. The van der Waals surface area contributed by atoms with E-state index in [-0.39, 0.29) is 24.0 Å². The smallest absolute Gasteiger partial charge is 0.320 e. The number of hydrogen-bond acceptors (Lipinski definition) is 2. The molecule has 0 aromatic carbocycles. The first-order valence-electron chi connectivity index (χ1n) is 8.37. The minimum Gasteiger partial charge on any atom is -0.481 e. The third-order valence-electron chi connectivity index (χ3n) is 5.75. The maximum atomic E-state index is 12.8. The Morgan fingerprint density at radius 2 is 1.71 bits per heavy atom. The van der Waals surface area contributed by atoms with Gasteiger partial charge in [0.1, 0.15) is 0 Å². The molecule has 21 heavy (non-hydrogen) atoms. The highest BCUT2D eigenvalue weighted by atomic mass is 16.4. The maximum absolute atomic E-state index is 12.8. The molecule has 2 amide bonds. The summed E-state index contributed by atoms with van der Waals surface area (Å²) in [5, 5.41) is 9.31. The van der Waals surface area contributed by atoms with E-state index in [1.54, 1.807) is 0 Å². The van der Waals surface area contributed by atoms with Crippen LogP contribution in [0.1, 0.15) is 57.8 Å². The number of amides is 2. The van der Waals surface area contributed by atoms with Gasteiger partial charge >= 0.3 is 12.0 Å². The highest BCUT2D eigenvalue weighted by molar-refractivity contribution is 5.79. The van der Waals surface area contributed by atoms with Gasteiger partial charge in [-0.15, -0.1) is 0 Å². The summed E-state index contributed by atoms with van der Waals surface area (Å²) in [5.41, 5.74) is 0. The normalized spacial score (nSPS) is 33.0. The molecule has 3 atom stereocenters. The summed E-state index contributed by atoms with van der Waals surface area (Å²) in [6.07, 6.45) is 9.60. The Morgan fingerprint density at radius 3 is 2.29 bits per heavy atom. The van der Waals surface area contributed by atoms with Gasteiger partial charge in [-0.2, -0.15) is 0 Å². The van der Waals surface area contributed by atoms with Crippen LogP contribution in [0.25, 0.3) is 0 Å². The van der Waals surface area contributed by atoms with E-state index in [9.17, 15) is 14.7 Å². The van der Waals surface area contributed by atoms with E-state index in [1.165, 1.54) is 25.7 Å². The molecule has 2 heterocycles. The Morgan fingerprint density at radius 1 is 1.05 bits per heavy atom. The number of hydrogen-bond donors (Lipinski definition) is 1. The number of urea groups is 1. The predicted octanol–water partition coefficient (Wildman–Crippen LogP) is 2.70. The molecular weight excluding hydrogens is 268 g/mol. The zero-order chi connectivity index (χ0) is 15.0. The van der Waals surface area contributed by atoms with Gasteiger partial charge < -0.3 is 14.9 Å². The van der Waals surface area contributed by atoms with Crippen LogP contribution >= 0.6 is 0 Å². The first-order chi connectivity index (χ1) is 10.1. The fourth-order valence-electron chi connectivity index (χ4n) is 4.54. The summed E-state index contributed by atoms with van der Waals surface area (Å²) < 4.78 is 0. The van der Waals surface area contributed by atoms with Crippen LogP contribution in [0.15, 0.2) is 0 Å². The summed E-state index contributed by atoms with van der Waals surface area (Å²) in [5.74, 6) is -1.09. The SMILES string of the molecule is CN(C(=O)N1C2CCC1C(C(=O)O)C2)C1CCCCCC1. The molecule has 2 saturated heterocycles. The van der Waals surface area contributed by atoms with Crippen molar-refractivity contribution in [2.45, 2.75) is 75.9 Å². The molecule has 0 radical (unpaired) electrons. The molecule has 1 aliphatic carbocycles. The van der Waals surface area contributed by atoms with E-state index in [0.717, 1.165) is 25.7 Å². The molecule has 3 unspecified atom stereocenters. The number of aliphatic carboxylic acids is 1. The summed E-state index contributed by atoms with van der Waals surface area (Å²) in [6.45, 7) is 0. The summed E-state index contributed by atoms with van der Waals surface area (Å²) >= 11 is 0. The number of carboxylic acid groups (broad SMARTS) is 1. The molecule has 0 spiro atoms. The molecule has 0 aromatic rings. The lowest BCUT2D eigenvalue weighted by atomic mass is 9.89. The van der Waals surface area contributed by atoms with E-state index >= 15 is 0 Å². The number of fused-ring (bicyclic) bond motifs is 2. The number of carbonyl (C=O) groups is 2. The molecular formula is C16H26N2O3. The third-order valence-corrected chi connectivity index (χ3v) is 5.75. The Kier molecular flexibility index (Phi) is 4.09. The van der Waals surface area contributed by atoms with Gasteiger partial charge in [-0.1, -0.05) is 25.7 Å². The molecule has 2 bridgehead atoms. The van der Waals surface area contributed by atoms with Crippen LogP contribution in [0.2, 0.25) is 0 Å². The second-order valence-electron chi connectivity index (χ2n) is 6.93. The molecule has 118 valence electrons. The summed E-state index contributed by atoms with van der Waals surface area (Å²) in [7, 11) is 1.91. The van der Waals surface area contributed by atoms with Crippen LogP contribution in [0.4, 0.5) is 4.79 Å². The van der Waals surface area contributed by atoms with E-state index in [1.807, 2.05) is 16.8 Å². The van der Waals surface area contributed by atoms with Gasteiger partial charge in [0.25, 0.3) is 0 Å². The average Bonchev–Trinajstić information content (AvgIpc) is 2.92. The maximum Gasteiger partial charge on any atom is 0.320 e. The van der Waals surface area contributed by atoms with Crippen molar-refractivity contribution in [2.24, 2.45) is 5.92 Å². The van der Waals surface area contributed by atoms with Crippen LogP contribution in [0.3, 0.4) is 0 Å². The van der Waals surface area contributed by atoms with Crippen molar-refractivity contribution < 1.29 is 14.7 Å². The third kappa shape index (κ3) is 2.62. The molecule has 2 aliphatic heterocycles. The van der Waals surface area contributed by atoms with E-state index in [2.05, 4.69) is 0 Å². The van der Waals surface area contributed by atoms with Gasteiger partial charge in [0.05, 0.1) is 5.92 Å². The molecule has 1 saturated carbocycles. The van der Waals surface area contributed by atoms with Crippen LogP contribution in [-0.4, -0.2) is 52.1 Å². The number of rotatable bonds is 2. The zero-order valence-corrected chi connectivity index (χ0v) is 12.8. The Labute approximate surface area is 126 Å². The van der Waals surface area contributed by atoms with Gasteiger partial charge in [-0.05, 0) is 32.1 Å². The first kappa shape index (κ1) is 14.7. The predicted molar refractivity (Wildman–Crippen MR) is 79.0 cm³/mol. The number of carboxylic acids is 1. The largest absolute Gasteiger partial charge is 0.481 e. The van der Waals surface area contributed by atoms with E-state index in [4.69, 9.17) is 0 Å². The molecule has 3 aliphatic rings. The molecule has 1 N–H and O–H groups in total. The van der Waals surface area contributed by atoms with Crippen molar-refractivity contribution in [3.05, 3.63) is 0 Å². The Balaban J connectivity index is 1.69. The topological polar surface area (TPSA) is 60.9 Å². The summed E-state index contributed by atoms with van der Waals surface area (Å²) in [4.78, 5) is 28.0. The monoisotopic (exact) mass is 294 g/mol. The van der Waals surface area contributed by atoms with E-state index in [0.29, 0.717) is 12.5 Å². The lowest BCUT2D eigenvalue weighted by molar-refractivity contribution is -0.142. The van der Waals surface area contributed by atoms with Gasteiger partial charge in [-0.25, -0.2) is 4.79 Å². The molecule has 0 aromatic heterocycles. The van der Waals surface area contributed by atoms with Gasteiger partial charge in [-0.3, -0.25) is 4.79 Å². The first-order valence-corrected chi connectivity index (χ1v) is 8.37. The summed E-state index contributed by atoms with van der Waals surface area (Å²) in [6, 6.07) is 0.478. The van der Waals surface area contributed by atoms with Crippen molar-refractivity contribution in [1.82, 2.24) is 9.80 Å².